The van der Waals surface area contributed by atoms with Crippen molar-refractivity contribution in [2.24, 2.45) is 5.92 Å². The molecule has 2 aromatic carbocycles. The van der Waals surface area contributed by atoms with E-state index in [0.717, 1.165) is 27.4 Å². The zero-order chi connectivity index (χ0) is 24.1. The summed E-state index contributed by atoms with van der Waals surface area (Å²) in [5.41, 5.74) is 5.15. The smallest absolute Gasteiger partial charge is 0.274 e. The Kier molecular flexibility index (Phi) is 8.14. The number of aromatic nitrogens is 1. The van der Waals surface area contributed by atoms with E-state index >= 15 is 0 Å². The van der Waals surface area contributed by atoms with Crippen LogP contribution >= 0.6 is 11.3 Å². The Morgan fingerprint density at radius 2 is 1.73 bits per heavy atom. The minimum atomic E-state index is -0.0123. The van der Waals surface area contributed by atoms with Gasteiger partial charge < -0.3 is 14.4 Å². The Balaban J connectivity index is 1.88. The number of rotatable bonds is 9. The minimum absolute atomic E-state index is 0.0123. The molecule has 0 radical (unpaired) electrons. The number of benzene rings is 2. The SMILES string of the molecule is COc1ccc(CCN(CC(C)C)C(=O)c2nc(C)sc2-c2ccc(C)c(C)c2)cc1OC. The van der Waals surface area contributed by atoms with Gasteiger partial charge in [0.25, 0.3) is 5.91 Å². The summed E-state index contributed by atoms with van der Waals surface area (Å²) in [5, 5.41) is 0.899. The maximum absolute atomic E-state index is 13.7. The van der Waals surface area contributed by atoms with E-state index in [1.165, 1.54) is 11.1 Å². The molecule has 0 N–H and O–H groups in total. The minimum Gasteiger partial charge on any atom is -0.493 e. The summed E-state index contributed by atoms with van der Waals surface area (Å²) < 4.78 is 10.8. The number of amides is 1. The molecule has 176 valence electrons. The number of ether oxygens (including phenoxy) is 2. The first-order valence-electron chi connectivity index (χ1n) is 11.3. The predicted molar refractivity (Wildman–Crippen MR) is 136 cm³/mol. The molecule has 0 fully saturated rings. The lowest BCUT2D eigenvalue weighted by Crippen LogP contribution is -2.36. The molecular formula is C27H34N2O3S. The Bertz CT molecular complexity index is 1120. The van der Waals surface area contributed by atoms with Gasteiger partial charge in [0.1, 0.15) is 5.69 Å². The van der Waals surface area contributed by atoms with Crippen LogP contribution in [-0.2, 0) is 6.42 Å². The standard InChI is InChI=1S/C27H34N2O3S/c1-17(2)16-29(13-12-21-9-11-23(31-6)24(15-21)32-7)27(30)25-26(33-20(5)28-25)22-10-8-18(3)19(4)14-22/h8-11,14-15,17H,12-13,16H2,1-7H3. The van der Waals surface area contributed by atoms with Gasteiger partial charge in [-0.15, -0.1) is 11.3 Å². The molecule has 1 amide bonds. The van der Waals surface area contributed by atoms with Gasteiger partial charge in [-0.1, -0.05) is 38.1 Å². The van der Waals surface area contributed by atoms with Gasteiger partial charge in [-0.3, -0.25) is 4.79 Å². The molecule has 33 heavy (non-hydrogen) atoms. The average Bonchev–Trinajstić information content (AvgIpc) is 3.19. The summed E-state index contributed by atoms with van der Waals surface area (Å²) in [7, 11) is 3.26. The fourth-order valence-corrected chi connectivity index (χ4v) is 4.72. The molecule has 0 atom stereocenters. The van der Waals surface area contributed by atoms with Crippen molar-refractivity contribution in [1.29, 1.82) is 0 Å². The van der Waals surface area contributed by atoms with Gasteiger partial charge in [0.15, 0.2) is 11.5 Å². The first-order chi connectivity index (χ1) is 15.7. The monoisotopic (exact) mass is 466 g/mol. The lowest BCUT2D eigenvalue weighted by atomic mass is 10.0. The number of carbonyl (C=O) groups is 1. The molecule has 5 nitrogen and oxygen atoms in total. The largest absolute Gasteiger partial charge is 0.493 e. The van der Waals surface area contributed by atoms with E-state index in [1.54, 1.807) is 25.6 Å². The molecule has 6 heteroatoms. The van der Waals surface area contributed by atoms with Crippen molar-refractivity contribution in [3.8, 4) is 21.9 Å². The summed E-state index contributed by atoms with van der Waals surface area (Å²) in [6, 6.07) is 12.2. The highest BCUT2D eigenvalue weighted by atomic mass is 32.1. The zero-order valence-corrected chi connectivity index (χ0v) is 21.5. The van der Waals surface area contributed by atoms with Gasteiger partial charge in [0.05, 0.1) is 24.1 Å². The van der Waals surface area contributed by atoms with Crippen LogP contribution < -0.4 is 9.47 Å². The Hall–Kier alpha value is -2.86. The van der Waals surface area contributed by atoms with Gasteiger partial charge in [-0.05, 0) is 67.5 Å². The summed E-state index contributed by atoms with van der Waals surface area (Å²) in [5.74, 6) is 1.74. The van der Waals surface area contributed by atoms with Crippen LogP contribution in [0.1, 0.15) is 46.0 Å². The lowest BCUT2D eigenvalue weighted by molar-refractivity contribution is 0.0733. The third-order valence-electron chi connectivity index (χ3n) is 5.70. The quantitative estimate of drug-likeness (QED) is 0.383. The van der Waals surface area contributed by atoms with Gasteiger partial charge in [0, 0.05) is 13.1 Å². The molecule has 0 saturated carbocycles. The highest BCUT2D eigenvalue weighted by Crippen LogP contribution is 2.33. The highest BCUT2D eigenvalue weighted by molar-refractivity contribution is 7.15. The van der Waals surface area contributed by atoms with Gasteiger partial charge in [-0.25, -0.2) is 4.98 Å². The van der Waals surface area contributed by atoms with Crippen LogP contribution in [0.3, 0.4) is 0 Å². The molecule has 0 aliphatic carbocycles. The van der Waals surface area contributed by atoms with E-state index in [2.05, 4.69) is 50.9 Å². The first-order valence-corrected chi connectivity index (χ1v) is 12.1. The van der Waals surface area contributed by atoms with Crippen LogP contribution in [0.15, 0.2) is 36.4 Å². The highest BCUT2D eigenvalue weighted by Gasteiger charge is 2.24. The maximum Gasteiger partial charge on any atom is 0.274 e. The number of aryl methyl sites for hydroxylation is 3. The lowest BCUT2D eigenvalue weighted by Gasteiger charge is -2.24. The number of methoxy groups -OCH3 is 2. The fraction of sp³-hybridized carbons (Fsp3) is 0.407. The van der Waals surface area contributed by atoms with Crippen molar-refractivity contribution >= 4 is 17.2 Å². The maximum atomic E-state index is 13.7. The topological polar surface area (TPSA) is 51.7 Å². The number of hydrogen-bond donors (Lipinski definition) is 0. The van der Waals surface area contributed by atoms with E-state index in [0.29, 0.717) is 36.2 Å². The van der Waals surface area contributed by atoms with Crippen LogP contribution in [0.5, 0.6) is 11.5 Å². The van der Waals surface area contributed by atoms with Crippen molar-refractivity contribution in [3.05, 3.63) is 63.8 Å². The van der Waals surface area contributed by atoms with Gasteiger partial charge in [0.2, 0.25) is 0 Å². The molecule has 3 rings (SSSR count). The second-order valence-corrected chi connectivity index (χ2v) is 10.00. The number of carbonyl (C=O) groups excluding carboxylic acids is 1. The van der Waals surface area contributed by atoms with Crippen LogP contribution in [0.25, 0.3) is 10.4 Å². The van der Waals surface area contributed by atoms with E-state index in [1.807, 2.05) is 30.0 Å². The molecule has 0 aliphatic rings. The first kappa shape index (κ1) is 24.8. The zero-order valence-electron chi connectivity index (χ0n) is 20.7. The van der Waals surface area contributed by atoms with Crippen LogP contribution in [0.2, 0.25) is 0 Å². The molecule has 1 aromatic heterocycles. The van der Waals surface area contributed by atoms with E-state index < -0.39 is 0 Å². The molecule has 0 aliphatic heterocycles. The Labute approximate surface area is 201 Å². The molecule has 1 heterocycles. The van der Waals surface area contributed by atoms with Crippen LogP contribution in [0.4, 0.5) is 0 Å². The van der Waals surface area contributed by atoms with Crippen molar-refractivity contribution in [2.75, 3.05) is 27.3 Å². The van der Waals surface area contributed by atoms with Crippen molar-refractivity contribution in [3.63, 3.8) is 0 Å². The second kappa shape index (κ2) is 10.8. The molecule has 0 unspecified atom stereocenters. The number of hydrogen-bond acceptors (Lipinski definition) is 5. The van der Waals surface area contributed by atoms with Crippen LogP contribution in [-0.4, -0.2) is 43.1 Å². The van der Waals surface area contributed by atoms with E-state index in [4.69, 9.17) is 9.47 Å². The summed E-state index contributed by atoms with van der Waals surface area (Å²) in [6.45, 7) is 11.7. The number of nitrogens with zero attached hydrogens (tertiary/aromatic N) is 2. The fourth-order valence-electron chi connectivity index (χ4n) is 3.82. The molecule has 0 bridgehead atoms. The van der Waals surface area contributed by atoms with E-state index in [-0.39, 0.29) is 5.91 Å². The third kappa shape index (κ3) is 5.93. The van der Waals surface area contributed by atoms with Gasteiger partial charge in [-0.2, -0.15) is 0 Å². The average molecular weight is 467 g/mol. The van der Waals surface area contributed by atoms with Crippen molar-refractivity contribution in [2.45, 2.75) is 41.0 Å². The molecule has 0 spiro atoms. The molecular weight excluding hydrogens is 432 g/mol. The summed E-state index contributed by atoms with van der Waals surface area (Å²) in [6.07, 6.45) is 0.723. The number of thiazole rings is 1. The molecule has 3 aromatic rings. The Morgan fingerprint density at radius 1 is 1.00 bits per heavy atom. The van der Waals surface area contributed by atoms with Gasteiger partial charge >= 0.3 is 0 Å². The van der Waals surface area contributed by atoms with Crippen LogP contribution in [0, 0.1) is 26.7 Å². The van der Waals surface area contributed by atoms with E-state index in [9.17, 15) is 4.79 Å². The Morgan fingerprint density at radius 3 is 2.36 bits per heavy atom. The molecule has 0 saturated heterocycles. The third-order valence-corrected chi connectivity index (χ3v) is 6.72. The van der Waals surface area contributed by atoms with Crippen molar-refractivity contribution < 1.29 is 14.3 Å². The van der Waals surface area contributed by atoms with Crippen molar-refractivity contribution in [1.82, 2.24) is 9.88 Å². The summed E-state index contributed by atoms with van der Waals surface area (Å²) >= 11 is 1.58. The predicted octanol–water partition coefficient (Wildman–Crippen LogP) is 6.09. The normalized spacial score (nSPS) is 11.0. The summed E-state index contributed by atoms with van der Waals surface area (Å²) in [4.78, 5) is 21.2. The second-order valence-electron chi connectivity index (χ2n) is 8.79.